The quantitative estimate of drug-likeness (QED) is 0.848. The molecule has 0 aliphatic heterocycles. The zero-order valence-corrected chi connectivity index (χ0v) is 12.6. The van der Waals surface area contributed by atoms with Crippen molar-refractivity contribution in [3.63, 3.8) is 0 Å². The van der Waals surface area contributed by atoms with Crippen LogP contribution in [0.2, 0.25) is 0 Å². The van der Waals surface area contributed by atoms with E-state index in [9.17, 15) is 0 Å². The number of aryl methyl sites for hydroxylation is 1. The molecule has 2 aromatic rings. The van der Waals surface area contributed by atoms with Crippen LogP contribution in [0.3, 0.4) is 0 Å². The Labute approximate surface area is 124 Å². The average molecular weight is 287 g/mol. The number of nitrogens with two attached hydrogens (primary N) is 1. The third-order valence-corrected chi connectivity index (χ3v) is 2.98. The highest BCUT2D eigenvalue weighted by Gasteiger charge is 2.11. The minimum atomic E-state index is 0.0116. The minimum Gasteiger partial charge on any atom is -0.473 e. The molecular weight excluding hydrogens is 266 g/mol. The lowest BCUT2D eigenvalue weighted by Crippen LogP contribution is -2.12. The lowest BCUT2D eigenvalue weighted by atomic mass is 10.1. The summed E-state index contributed by atoms with van der Waals surface area (Å²) in [5.74, 6) is 0.965. The van der Waals surface area contributed by atoms with E-state index in [0.717, 1.165) is 12.1 Å². The van der Waals surface area contributed by atoms with E-state index in [1.54, 1.807) is 6.20 Å². The van der Waals surface area contributed by atoms with E-state index >= 15 is 0 Å². The maximum absolute atomic E-state index is 6.03. The summed E-state index contributed by atoms with van der Waals surface area (Å²) >= 11 is 0. The van der Waals surface area contributed by atoms with Gasteiger partial charge < -0.3 is 15.8 Å². The standard InChI is InChI=1S/C15H21N5O/c1-4-11-6-5-7-17-12(11)8-18-14-13(16)15(20-9-19-14)21-10(2)3/h5-7,9-10H,4,8,16H2,1-3H3,(H,18,19,20). The number of hydrogen-bond donors (Lipinski definition) is 2. The maximum atomic E-state index is 6.03. The zero-order valence-electron chi connectivity index (χ0n) is 12.6. The number of anilines is 2. The Kier molecular flexibility index (Phi) is 4.92. The summed E-state index contributed by atoms with van der Waals surface area (Å²) in [6.45, 7) is 6.52. The Balaban J connectivity index is 2.13. The molecule has 21 heavy (non-hydrogen) atoms. The summed E-state index contributed by atoms with van der Waals surface area (Å²) in [7, 11) is 0. The van der Waals surface area contributed by atoms with Crippen molar-refractivity contribution < 1.29 is 4.74 Å². The Morgan fingerprint density at radius 2 is 2.10 bits per heavy atom. The fourth-order valence-electron chi connectivity index (χ4n) is 1.96. The van der Waals surface area contributed by atoms with E-state index in [1.165, 1.54) is 11.9 Å². The van der Waals surface area contributed by atoms with Crippen LogP contribution in [0.5, 0.6) is 5.88 Å². The van der Waals surface area contributed by atoms with Gasteiger partial charge in [-0.25, -0.2) is 4.98 Å². The average Bonchev–Trinajstić information content (AvgIpc) is 2.48. The first kappa shape index (κ1) is 15.0. The van der Waals surface area contributed by atoms with Gasteiger partial charge in [0, 0.05) is 6.20 Å². The van der Waals surface area contributed by atoms with Gasteiger partial charge >= 0.3 is 0 Å². The molecule has 2 heterocycles. The second-order valence-electron chi connectivity index (χ2n) is 4.92. The molecule has 0 aromatic carbocycles. The Bertz CT molecular complexity index is 600. The van der Waals surface area contributed by atoms with Gasteiger partial charge in [-0.1, -0.05) is 13.0 Å². The smallest absolute Gasteiger partial charge is 0.242 e. The van der Waals surface area contributed by atoms with E-state index in [2.05, 4.69) is 33.3 Å². The number of nitrogens with one attached hydrogen (secondary N) is 1. The molecular formula is C15H21N5O. The van der Waals surface area contributed by atoms with Crippen LogP contribution in [0, 0.1) is 0 Å². The van der Waals surface area contributed by atoms with Crippen molar-refractivity contribution in [3.05, 3.63) is 35.9 Å². The lowest BCUT2D eigenvalue weighted by Gasteiger charge is -2.14. The number of rotatable bonds is 6. The van der Waals surface area contributed by atoms with Gasteiger partial charge in [0.1, 0.15) is 12.0 Å². The lowest BCUT2D eigenvalue weighted by molar-refractivity contribution is 0.234. The van der Waals surface area contributed by atoms with E-state index < -0.39 is 0 Å². The fraction of sp³-hybridized carbons (Fsp3) is 0.400. The van der Waals surface area contributed by atoms with E-state index in [4.69, 9.17) is 10.5 Å². The van der Waals surface area contributed by atoms with Crippen molar-refractivity contribution in [1.82, 2.24) is 15.0 Å². The van der Waals surface area contributed by atoms with Crippen LogP contribution in [0.1, 0.15) is 32.0 Å². The zero-order chi connectivity index (χ0) is 15.2. The van der Waals surface area contributed by atoms with Crippen molar-refractivity contribution >= 4 is 11.5 Å². The van der Waals surface area contributed by atoms with Crippen LogP contribution in [0.25, 0.3) is 0 Å². The molecule has 0 unspecified atom stereocenters. The van der Waals surface area contributed by atoms with Gasteiger partial charge in [-0.2, -0.15) is 4.98 Å². The summed E-state index contributed by atoms with van der Waals surface area (Å²) in [5.41, 5.74) is 8.65. The molecule has 0 spiro atoms. The Morgan fingerprint density at radius 1 is 1.29 bits per heavy atom. The van der Waals surface area contributed by atoms with Crippen molar-refractivity contribution in [2.24, 2.45) is 0 Å². The van der Waals surface area contributed by atoms with Crippen LogP contribution in [-0.4, -0.2) is 21.1 Å². The van der Waals surface area contributed by atoms with E-state index in [1.807, 2.05) is 19.9 Å². The molecule has 0 fully saturated rings. The van der Waals surface area contributed by atoms with Gasteiger partial charge in [0.15, 0.2) is 5.82 Å². The highest BCUT2D eigenvalue weighted by molar-refractivity contribution is 5.66. The molecule has 0 aliphatic carbocycles. The van der Waals surface area contributed by atoms with Crippen LogP contribution in [-0.2, 0) is 13.0 Å². The fourth-order valence-corrected chi connectivity index (χ4v) is 1.96. The molecule has 0 amide bonds. The van der Waals surface area contributed by atoms with Gasteiger partial charge in [0.2, 0.25) is 5.88 Å². The van der Waals surface area contributed by atoms with Crippen LogP contribution >= 0.6 is 0 Å². The number of hydrogen-bond acceptors (Lipinski definition) is 6. The van der Waals surface area contributed by atoms with Gasteiger partial charge in [-0.05, 0) is 31.9 Å². The molecule has 6 heteroatoms. The molecule has 0 bridgehead atoms. The predicted octanol–water partition coefficient (Wildman–Crippen LogP) is 2.42. The highest BCUT2D eigenvalue weighted by atomic mass is 16.5. The molecule has 6 nitrogen and oxygen atoms in total. The molecule has 0 radical (unpaired) electrons. The summed E-state index contributed by atoms with van der Waals surface area (Å²) in [6.07, 6.45) is 4.17. The molecule has 0 atom stereocenters. The van der Waals surface area contributed by atoms with E-state index in [-0.39, 0.29) is 6.10 Å². The molecule has 112 valence electrons. The highest BCUT2D eigenvalue weighted by Crippen LogP contribution is 2.25. The molecule has 2 rings (SSSR count). The second kappa shape index (κ2) is 6.88. The number of pyridine rings is 1. The van der Waals surface area contributed by atoms with Gasteiger partial charge in [0.25, 0.3) is 0 Å². The summed E-state index contributed by atoms with van der Waals surface area (Å²) in [4.78, 5) is 12.6. The van der Waals surface area contributed by atoms with E-state index in [0.29, 0.717) is 23.9 Å². The first-order valence-corrected chi connectivity index (χ1v) is 7.05. The summed E-state index contributed by atoms with van der Waals surface area (Å²) < 4.78 is 5.55. The van der Waals surface area contributed by atoms with Crippen molar-refractivity contribution in [3.8, 4) is 5.88 Å². The molecule has 2 aromatic heterocycles. The molecule has 0 saturated carbocycles. The van der Waals surface area contributed by atoms with Gasteiger partial charge in [-0.3, -0.25) is 4.98 Å². The minimum absolute atomic E-state index is 0.0116. The van der Waals surface area contributed by atoms with Crippen molar-refractivity contribution in [1.29, 1.82) is 0 Å². The van der Waals surface area contributed by atoms with Crippen LogP contribution in [0.15, 0.2) is 24.7 Å². The number of ether oxygens (including phenoxy) is 1. The summed E-state index contributed by atoms with van der Waals surface area (Å²) in [5, 5.41) is 3.20. The van der Waals surface area contributed by atoms with Crippen LogP contribution < -0.4 is 15.8 Å². The number of nitrogen functional groups attached to an aromatic ring is 1. The monoisotopic (exact) mass is 287 g/mol. The maximum Gasteiger partial charge on any atom is 0.242 e. The van der Waals surface area contributed by atoms with Gasteiger partial charge in [-0.15, -0.1) is 0 Å². The number of nitrogens with zero attached hydrogens (tertiary/aromatic N) is 3. The van der Waals surface area contributed by atoms with Crippen LogP contribution in [0.4, 0.5) is 11.5 Å². The third-order valence-electron chi connectivity index (χ3n) is 2.98. The third kappa shape index (κ3) is 3.81. The van der Waals surface area contributed by atoms with Crippen molar-refractivity contribution in [2.45, 2.75) is 39.8 Å². The molecule has 0 saturated heterocycles. The SMILES string of the molecule is CCc1cccnc1CNc1ncnc(OC(C)C)c1N. The predicted molar refractivity (Wildman–Crippen MR) is 83.2 cm³/mol. The Morgan fingerprint density at radius 3 is 2.81 bits per heavy atom. The first-order valence-electron chi connectivity index (χ1n) is 7.05. The number of aromatic nitrogens is 3. The molecule has 3 N–H and O–H groups in total. The topological polar surface area (TPSA) is 86.0 Å². The van der Waals surface area contributed by atoms with Crippen molar-refractivity contribution in [2.75, 3.05) is 11.1 Å². The normalized spacial score (nSPS) is 10.7. The Hall–Kier alpha value is -2.37. The largest absolute Gasteiger partial charge is 0.473 e. The second-order valence-corrected chi connectivity index (χ2v) is 4.92. The van der Waals surface area contributed by atoms with Gasteiger partial charge in [0.05, 0.1) is 18.3 Å². The first-order chi connectivity index (χ1) is 10.1. The molecule has 0 aliphatic rings. The summed E-state index contributed by atoms with van der Waals surface area (Å²) in [6, 6.07) is 4.01.